The van der Waals surface area contributed by atoms with Crippen LogP contribution in [-0.2, 0) is 16.6 Å². The third kappa shape index (κ3) is 4.66. The standard InChI is InChI=1S/C22H25Cl2N3O2S/c1-5-14(2)17-9-11-18(12-10-17)30(28,29)26-22-15(3)25-27(16(22)4)13-19-20(23)7-6-8-21(19)24/h6-12,14,26H,5,13H2,1-4H3. The zero-order valence-electron chi connectivity index (χ0n) is 17.4. The number of hydrogen-bond donors (Lipinski definition) is 1. The number of benzene rings is 2. The molecule has 3 aromatic rings. The number of nitrogens with zero attached hydrogens (tertiary/aromatic N) is 2. The highest BCUT2D eigenvalue weighted by atomic mass is 35.5. The Labute approximate surface area is 188 Å². The summed E-state index contributed by atoms with van der Waals surface area (Å²) in [7, 11) is -3.74. The lowest BCUT2D eigenvalue weighted by Gasteiger charge is -2.12. The summed E-state index contributed by atoms with van der Waals surface area (Å²) in [5, 5.41) is 5.57. The lowest BCUT2D eigenvalue weighted by molar-refractivity contribution is 0.601. The molecule has 30 heavy (non-hydrogen) atoms. The van der Waals surface area contributed by atoms with Gasteiger partial charge < -0.3 is 0 Å². The number of hydrogen-bond acceptors (Lipinski definition) is 3. The number of rotatable bonds is 7. The molecule has 0 bridgehead atoms. The summed E-state index contributed by atoms with van der Waals surface area (Å²) in [5.41, 5.74) is 3.58. The minimum Gasteiger partial charge on any atom is -0.276 e. The lowest BCUT2D eigenvalue weighted by atomic mass is 9.99. The first kappa shape index (κ1) is 22.7. The Morgan fingerprint density at radius 1 is 1.07 bits per heavy atom. The van der Waals surface area contributed by atoms with E-state index < -0.39 is 10.0 Å². The van der Waals surface area contributed by atoms with E-state index in [1.807, 2.05) is 19.1 Å². The van der Waals surface area contributed by atoms with Gasteiger partial charge in [-0.05, 0) is 56.0 Å². The summed E-state index contributed by atoms with van der Waals surface area (Å²) < 4.78 is 30.3. The summed E-state index contributed by atoms with van der Waals surface area (Å²) in [6.07, 6.45) is 0.997. The van der Waals surface area contributed by atoms with Gasteiger partial charge in [-0.3, -0.25) is 9.40 Å². The molecule has 2 aromatic carbocycles. The molecular weight excluding hydrogens is 441 g/mol. The highest BCUT2D eigenvalue weighted by Crippen LogP contribution is 2.29. The minimum atomic E-state index is -3.74. The van der Waals surface area contributed by atoms with E-state index in [1.165, 1.54) is 0 Å². The molecule has 0 aliphatic carbocycles. The predicted octanol–water partition coefficient (Wildman–Crippen LogP) is 6.17. The van der Waals surface area contributed by atoms with Crippen LogP contribution in [0, 0.1) is 13.8 Å². The van der Waals surface area contributed by atoms with Gasteiger partial charge in [0.1, 0.15) is 0 Å². The fourth-order valence-corrected chi connectivity index (χ4v) is 4.93. The SMILES string of the molecule is CCC(C)c1ccc(S(=O)(=O)Nc2c(C)nn(Cc3c(Cl)cccc3Cl)c2C)cc1. The van der Waals surface area contributed by atoms with Crippen molar-refractivity contribution in [2.45, 2.75) is 51.5 Å². The van der Waals surface area contributed by atoms with Crippen molar-refractivity contribution in [1.29, 1.82) is 0 Å². The molecule has 0 radical (unpaired) electrons. The largest absolute Gasteiger partial charge is 0.276 e. The van der Waals surface area contributed by atoms with Crippen molar-refractivity contribution >= 4 is 38.9 Å². The summed E-state index contributed by atoms with van der Waals surface area (Å²) in [5.74, 6) is 0.383. The Morgan fingerprint density at radius 3 is 2.23 bits per heavy atom. The van der Waals surface area contributed by atoms with Gasteiger partial charge in [-0.1, -0.05) is 55.2 Å². The van der Waals surface area contributed by atoms with Gasteiger partial charge >= 0.3 is 0 Å². The highest BCUT2D eigenvalue weighted by molar-refractivity contribution is 7.92. The predicted molar refractivity (Wildman–Crippen MR) is 123 cm³/mol. The van der Waals surface area contributed by atoms with Crippen molar-refractivity contribution in [3.05, 3.63) is 75.0 Å². The molecule has 1 atom stereocenters. The Morgan fingerprint density at radius 2 is 1.67 bits per heavy atom. The zero-order valence-corrected chi connectivity index (χ0v) is 19.7. The number of aryl methyl sites for hydroxylation is 1. The maximum absolute atomic E-state index is 12.9. The third-order valence-corrected chi connectivity index (χ3v) is 7.43. The molecule has 3 rings (SSSR count). The maximum atomic E-state index is 12.9. The lowest BCUT2D eigenvalue weighted by Crippen LogP contribution is -2.14. The fourth-order valence-electron chi connectivity index (χ4n) is 3.24. The maximum Gasteiger partial charge on any atom is 0.262 e. The number of sulfonamides is 1. The van der Waals surface area contributed by atoms with Crippen molar-refractivity contribution in [1.82, 2.24) is 9.78 Å². The van der Waals surface area contributed by atoms with Crippen LogP contribution in [0.4, 0.5) is 5.69 Å². The van der Waals surface area contributed by atoms with Gasteiger partial charge in [0.2, 0.25) is 0 Å². The van der Waals surface area contributed by atoms with E-state index >= 15 is 0 Å². The van der Waals surface area contributed by atoms with Gasteiger partial charge in [0.05, 0.1) is 28.5 Å². The van der Waals surface area contributed by atoms with Gasteiger partial charge in [-0.2, -0.15) is 5.10 Å². The first-order valence-corrected chi connectivity index (χ1v) is 12.0. The quantitative estimate of drug-likeness (QED) is 0.453. The number of nitrogens with one attached hydrogen (secondary N) is 1. The van der Waals surface area contributed by atoms with Gasteiger partial charge in [0.25, 0.3) is 10.0 Å². The Balaban J connectivity index is 1.88. The molecule has 0 fully saturated rings. The molecule has 0 amide bonds. The Hall–Kier alpha value is -2.02. The Kier molecular flexibility index (Phi) is 6.80. The smallest absolute Gasteiger partial charge is 0.262 e. The van der Waals surface area contributed by atoms with Gasteiger partial charge in [0.15, 0.2) is 0 Å². The number of aromatic nitrogens is 2. The van der Waals surface area contributed by atoms with Crippen LogP contribution in [-0.4, -0.2) is 18.2 Å². The van der Waals surface area contributed by atoms with Crippen LogP contribution in [0.15, 0.2) is 47.4 Å². The molecule has 0 saturated carbocycles. The monoisotopic (exact) mass is 465 g/mol. The van der Waals surface area contributed by atoms with E-state index in [-0.39, 0.29) is 4.90 Å². The van der Waals surface area contributed by atoms with E-state index in [9.17, 15) is 8.42 Å². The van der Waals surface area contributed by atoms with E-state index in [4.69, 9.17) is 23.2 Å². The van der Waals surface area contributed by atoms with Crippen molar-refractivity contribution in [2.75, 3.05) is 4.72 Å². The van der Waals surface area contributed by atoms with Crippen LogP contribution >= 0.6 is 23.2 Å². The first-order valence-electron chi connectivity index (χ1n) is 9.73. The molecule has 0 saturated heterocycles. The van der Waals surface area contributed by atoms with E-state index in [2.05, 4.69) is 23.7 Å². The summed E-state index contributed by atoms with van der Waals surface area (Å²) in [6.45, 7) is 8.15. The van der Waals surface area contributed by atoms with Gasteiger partial charge in [-0.25, -0.2) is 8.42 Å². The second-order valence-corrected chi connectivity index (χ2v) is 9.88. The topological polar surface area (TPSA) is 64.0 Å². The van der Waals surface area contributed by atoms with Crippen LogP contribution in [0.1, 0.15) is 48.7 Å². The third-order valence-electron chi connectivity index (χ3n) is 5.36. The Bertz CT molecular complexity index is 1140. The average Bonchev–Trinajstić information content (AvgIpc) is 2.97. The van der Waals surface area contributed by atoms with Crippen LogP contribution < -0.4 is 4.72 Å². The van der Waals surface area contributed by atoms with Crippen LogP contribution in [0.3, 0.4) is 0 Å². The molecule has 1 N–H and O–H groups in total. The van der Waals surface area contributed by atoms with Crippen LogP contribution in [0.5, 0.6) is 0 Å². The van der Waals surface area contributed by atoms with E-state index in [0.29, 0.717) is 39.6 Å². The first-order chi connectivity index (χ1) is 14.1. The van der Waals surface area contributed by atoms with E-state index in [0.717, 1.165) is 17.5 Å². The average molecular weight is 466 g/mol. The van der Waals surface area contributed by atoms with Crippen LogP contribution in [0.25, 0.3) is 0 Å². The molecule has 0 aliphatic rings. The molecule has 8 heteroatoms. The summed E-state index contributed by atoms with van der Waals surface area (Å²) in [4.78, 5) is 0.218. The highest BCUT2D eigenvalue weighted by Gasteiger charge is 2.21. The normalized spacial score (nSPS) is 12.7. The van der Waals surface area contributed by atoms with Gasteiger partial charge in [-0.15, -0.1) is 0 Å². The van der Waals surface area contributed by atoms with Crippen LogP contribution in [0.2, 0.25) is 10.0 Å². The second-order valence-electron chi connectivity index (χ2n) is 7.39. The van der Waals surface area contributed by atoms with E-state index in [1.54, 1.807) is 41.9 Å². The molecule has 5 nitrogen and oxygen atoms in total. The second kappa shape index (κ2) is 9.00. The van der Waals surface area contributed by atoms with Gasteiger partial charge in [0, 0.05) is 15.6 Å². The minimum absolute atomic E-state index is 0.218. The van der Waals surface area contributed by atoms with Crippen molar-refractivity contribution in [3.63, 3.8) is 0 Å². The zero-order chi connectivity index (χ0) is 22.1. The molecule has 160 valence electrons. The molecule has 0 aliphatic heterocycles. The van der Waals surface area contributed by atoms with Crippen molar-refractivity contribution in [2.24, 2.45) is 0 Å². The molecular formula is C22H25Cl2N3O2S. The summed E-state index contributed by atoms with van der Waals surface area (Å²) in [6, 6.07) is 12.3. The summed E-state index contributed by atoms with van der Waals surface area (Å²) >= 11 is 12.5. The fraction of sp³-hybridized carbons (Fsp3) is 0.318. The molecule has 0 spiro atoms. The molecule has 1 heterocycles. The molecule has 1 unspecified atom stereocenters. The van der Waals surface area contributed by atoms with Crippen molar-refractivity contribution < 1.29 is 8.42 Å². The number of anilines is 1. The van der Waals surface area contributed by atoms with Crippen molar-refractivity contribution in [3.8, 4) is 0 Å². The molecule has 1 aromatic heterocycles. The number of halogens is 2.